The summed E-state index contributed by atoms with van der Waals surface area (Å²) in [5.74, 6) is 0.192. The number of hydrogen-bond acceptors (Lipinski definition) is 5. The maximum Gasteiger partial charge on any atom is 0.316 e. The summed E-state index contributed by atoms with van der Waals surface area (Å²) in [4.78, 5) is 22.6. The van der Waals surface area contributed by atoms with Crippen LogP contribution in [0.25, 0.3) is 0 Å². The molecule has 1 atom stereocenters. The molecule has 6 heteroatoms. The first kappa shape index (κ1) is 17.0. The number of carbonyl (C=O) groups excluding carboxylic acids is 1. The monoisotopic (exact) mass is 353 g/mol. The highest BCUT2D eigenvalue weighted by atomic mass is 16.5. The van der Waals surface area contributed by atoms with E-state index in [2.05, 4.69) is 22.1 Å². The van der Waals surface area contributed by atoms with Gasteiger partial charge in [-0.1, -0.05) is 30.3 Å². The molecule has 3 heterocycles. The molecule has 26 heavy (non-hydrogen) atoms. The number of ether oxygens (including phenoxy) is 2. The van der Waals surface area contributed by atoms with Crippen LogP contribution in [0, 0.1) is 0 Å². The van der Waals surface area contributed by atoms with E-state index in [1.807, 2.05) is 23.1 Å². The van der Waals surface area contributed by atoms with Crippen LogP contribution < -0.4 is 4.74 Å². The number of rotatable bonds is 5. The summed E-state index contributed by atoms with van der Waals surface area (Å²) in [7, 11) is 0. The molecule has 0 bridgehead atoms. The zero-order valence-electron chi connectivity index (χ0n) is 14.7. The number of amides is 1. The predicted octanol–water partition coefficient (Wildman–Crippen LogP) is 2.25. The van der Waals surface area contributed by atoms with Gasteiger partial charge in [0, 0.05) is 31.7 Å². The third-order valence-electron chi connectivity index (χ3n) is 5.04. The van der Waals surface area contributed by atoms with Crippen molar-refractivity contribution in [2.45, 2.75) is 37.4 Å². The van der Waals surface area contributed by atoms with Gasteiger partial charge in [0.15, 0.2) is 0 Å². The highest BCUT2D eigenvalue weighted by Gasteiger charge is 2.49. The molecule has 1 aromatic heterocycles. The van der Waals surface area contributed by atoms with Gasteiger partial charge in [0.1, 0.15) is 11.7 Å². The number of likely N-dealkylation sites (tertiary alicyclic amines) is 1. The van der Waals surface area contributed by atoms with Crippen molar-refractivity contribution in [3.8, 4) is 6.01 Å². The zero-order valence-corrected chi connectivity index (χ0v) is 14.7. The first-order chi connectivity index (χ1) is 12.7. The third-order valence-corrected chi connectivity index (χ3v) is 5.04. The number of nitrogens with zero attached hydrogens (tertiary/aromatic N) is 3. The summed E-state index contributed by atoms with van der Waals surface area (Å²) in [5, 5.41) is 0. The lowest BCUT2D eigenvalue weighted by atomic mass is 9.84. The van der Waals surface area contributed by atoms with E-state index in [0.717, 1.165) is 19.3 Å². The number of carbonyl (C=O) groups is 1. The molecule has 6 nitrogen and oxygen atoms in total. The summed E-state index contributed by atoms with van der Waals surface area (Å²) in [6, 6.07) is 12.3. The maximum absolute atomic E-state index is 12.4. The molecule has 2 aromatic rings. The second-order valence-corrected chi connectivity index (χ2v) is 7.03. The Hall–Kier alpha value is -2.47. The van der Waals surface area contributed by atoms with E-state index >= 15 is 0 Å². The van der Waals surface area contributed by atoms with E-state index < -0.39 is 0 Å². The van der Waals surface area contributed by atoms with E-state index in [0.29, 0.717) is 32.1 Å². The Morgan fingerprint density at radius 3 is 2.73 bits per heavy atom. The molecule has 0 radical (unpaired) electrons. The molecule has 2 aliphatic heterocycles. The molecule has 2 fully saturated rings. The molecule has 0 saturated carbocycles. The lowest BCUT2D eigenvalue weighted by Crippen LogP contribution is -2.67. The number of aryl methyl sites for hydroxylation is 1. The largest absolute Gasteiger partial charge is 0.460 e. The fraction of sp³-hybridized carbons (Fsp3) is 0.450. The minimum atomic E-state index is -0.264. The van der Waals surface area contributed by atoms with Crippen molar-refractivity contribution in [2.24, 2.45) is 0 Å². The van der Waals surface area contributed by atoms with Crippen molar-refractivity contribution in [1.29, 1.82) is 0 Å². The maximum atomic E-state index is 12.4. The van der Waals surface area contributed by atoms with E-state index in [4.69, 9.17) is 9.47 Å². The number of hydrogen-bond donors (Lipinski definition) is 0. The molecule has 1 amide bonds. The van der Waals surface area contributed by atoms with E-state index in [1.165, 1.54) is 5.56 Å². The lowest BCUT2D eigenvalue weighted by molar-refractivity contribution is -0.193. The topological polar surface area (TPSA) is 64.6 Å². The van der Waals surface area contributed by atoms with Crippen molar-refractivity contribution < 1.29 is 14.3 Å². The Morgan fingerprint density at radius 2 is 1.96 bits per heavy atom. The molecule has 1 aromatic carbocycles. The van der Waals surface area contributed by atoms with Crippen molar-refractivity contribution in [3.63, 3.8) is 0 Å². The van der Waals surface area contributed by atoms with Crippen LogP contribution in [0.4, 0.5) is 0 Å². The first-order valence-electron chi connectivity index (χ1n) is 9.12. The summed E-state index contributed by atoms with van der Waals surface area (Å²) in [5.41, 5.74) is 0.932. The second-order valence-electron chi connectivity index (χ2n) is 7.03. The van der Waals surface area contributed by atoms with Crippen LogP contribution in [-0.4, -0.2) is 52.2 Å². The first-order valence-corrected chi connectivity index (χ1v) is 9.12. The van der Waals surface area contributed by atoms with Crippen LogP contribution in [0.1, 0.15) is 24.8 Å². The Balaban J connectivity index is 1.26. The van der Waals surface area contributed by atoms with Gasteiger partial charge in [0.25, 0.3) is 0 Å². The second kappa shape index (κ2) is 7.41. The smallest absolute Gasteiger partial charge is 0.316 e. The van der Waals surface area contributed by atoms with Gasteiger partial charge in [-0.2, -0.15) is 0 Å². The summed E-state index contributed by atoms with van der Waals surface area (Å²) in [6.07, 6.45) is 6.30. The Kier molecular flexibility index (Phi) is 4.84. The van der Waals surface area contributed by atoms with Crippen LogP contribution in [-0.2, 0) is 16.0 Å². The SMILES string of the molecule is O=C(CCc1ccccc1)N1CC2(C[C@H](Oc3ncccn3)CCO2)C1. The minimum Gasteiger partial charge on any atom is -0.460 e. The highest BCUT2D eigenvalue weighted by Crippen LogP contribution is 2.35. The van der Waals surface area contributed by atoms with Gasteiger partial charge in [-0.25, -0.2) is 9.97 Å². The van der Waals surface area contributed by atoms with Gasteiger partial charge in [0.2, 0.25) is 5.91 Å². The molecule has 0 unspecified atom stereocenters. The van der Waals surface area contributed by atoms with Crippen molar-refractivity contribution >= 4 is 5.91 Å². The molecule has 4 rings (SSSR count). The lowest BCUT2D eigenvalue weighted by Gasteiger charge is -2.52. The van der Waals surface area contributed by atoms with Gasteiger partial charge < -0.3 is 14.4 Å². The van der Waals surface area contributed by atoms with Gasteiger partial charge in [-0.3, -0.25) is 4.79 Å². The molecule has 2 saturated heterocycles. The average molecular weight is 353 g/mol. The van der Waals surface area contributed by atoms with Gasteiger partial charge >= 0.3 is 6.01 Å². The number of aromatic nitrogens is 2. The normalized spacial score (nSPS) is 21.2. The van der Waals surface area contributed by atoms with Crippen LogP contribution in [0.2, 0.25) is 0 Å². The van der Waals surface area contributed by atoms with E-state index in [-0.39, 0.29) is 17.6 Å². The van der Waals surface area contributed by atoms with Gasteiger partial charge in [0.05, 0.1) is 19.7 Å². The zero-order chi connectivity index (χ0) is 17.8. The summed E-state index contributed by atoms with van der Waals surface area (Å²) < 4.78 is 11.9. The third kappa shape index (κ3) is 3.85. The average Bonchev–Trinajstić information content (AvgIpc) is 2.66. The van der Waals surface area contributed by atoms with E-state index in [1.54, 1.807) is 18.5 Å². The molecule has 0 N–H and O–H groups in total. The van der Waals surface area contributed by atoms with Crippen molar-refractivity contribution in [3.05, 3.63) is 54.4 Å². The predicted molar refractivity (Wildman–Crippen MR) is 95.7 cm³/mol. The molecule has 0 aliphatic carbocycles. The van der Waals surface area contributed by atoms with Crippen LogP contribution in [0.5, 0.6) is 6.01 Å². The number of benzene rings is 1. The van der Waals surface area contributed by atoms with Crippen molar-refractivity contribution in [1.82, 2.24) is 14.9 Å². The Labute approximate surface area is 153 Å². The Morgan fingerprint density at radius 1 is 1.19 bits per heavy atom. The minimum absolute atomic E-state index is 0.0349. The molecule has 1 spiro atoms. The van der Waals surface area contributed by atoms with Crippen LogP contribution >= 0.6 is 0 Å². The molecular formula is C20H23N3O3. The summed E-state index contributed by atoms with van der Waals surface area (Å²) in [6.45, 7) is 1.94. The van der Waals surface area contributed by atoms with E-state index in [9.17, 15) is 4.79 Å². The van der Waals surface area contributed by atoms with Crippen LogP contribution in [0.15, 0.2) is 48.8 Å². The quantitative estimate of drug-likeness (QED) is 0.825. The standard InChI is InChI=1S/C20H23N3O3/c24-18(8-7-16-5-2-1-3-6-16)23-14-20(15-23)13-17(9-12-25-20)26-19-21-10-4-11-22-19/h1-6,10-11,17H,7-9,12-15H2/t17-/m1/s1. The molecular weight excluding hydrogens is 330 g/mol. The van der Waals surface area contributed by atoms with Crippen LogP contribution in [0.3, 0.4) is 0 Å². The van der Waals surface area contributed by atoms with Gasteiger partial charge in [-0.05, 0) is 18.1 Å². The van der Waals surface area contributed by atoms with Crippen molar-refractivity contribution in [2.75, 3.05) is 19.7 Å². The fourth-order valence-electron chi connectivity index (χ4n) is 3.68. The van der Waals surface area contributed by atoms with Gasteiger partial charge in [-0.15, -0.1) is 0 Å². The highest BCUT2D eigenvalue weighted by molar-refractivity contribution is 5.77. The summed E-state index contributed by atoms with van der Waals surface area (Å²) >= 11 is 0. The Bertz CT molecular complexity index is 732. The molecule has 136 valence electrons. The molecule has 2 aliphatic rings. The fourth-order valence-corrected chi connectivity index (χ4v) is 3.68.